The van der Waals surface area contributed by atoms with Crippen molar-refractivity contribution in [1.29, 1.82) is 0 Å². The van der Waals surface area contributed by atoms with E-state index in [2.05, 4.69) is 15.4 Å². The molecule has 31 heavy (non-hydrogen) atoms. The van der Waals surface area contributed by atoms with Gasteiger partial charge in [-0.25, -0.2) is 23.2 Å². The van der Waals surface area contributed by atoms with Gasteiger partial charge in [-0.2, -0.15) is 5.10 Å². The standard InChI is InChI=1S/C22H27F2N5O2/c1-15-5-12-29(27-15)20-14-17(16-6-10-28(11-7-16)21(30)31-2)13-19(26-20)25-18-3-8-22(23,24)9-4-18/h5-6,12-14,18H,3-4,7-11H2,1-2H3,(H,25,26). The molecule has 1 N–H and O–H groups in total. The highest BCUT2D eigenvalue weighted by molar-refractivity contribution is 5.74. The van der Waals surface area contributed by atoms with Gasteiger partial charge in [-0.1, -0.05) is 6.08 Å². The first-order chi connectivity index (χ1) is 14.8. The molecule has 166 valence electrons. The molecule has 1 amide bonds. The summed E-state index contributed by atoms with van der Waals surface area (Å²) in [5, 5.41) is 7.81. The molecule has 1 saturated carbocycles. The number of rotatable bonds is 4. The molecule has 4 rings (SSSR count). The summed E-state index contributed by atoms with van der Waals surface area (Å²) in [6.45, 7) is 2.95. The zero-order valence-electron chi connectivity index (χ0n) is 17.8. The summed E-state index contributed by atoms with van der Waals surface area (Å²) >= 11 is 0. The molecular formula is C22H27F2N5O2. The van der Waals surface area contributed by atoms with E-state index in [4.69, 9.17) is 4.74 Å². The van der Waals surface area contributed by atoms with E-state index in [0.29, 0.717) is 44.0 Å². The van der Waals surface area contributed by atoms with Gasteiger partial charge in [0, 0.05) is 38.2 Å². The fourth-order valence-corrected chi connectivity index (χ4v) is 4.06. The van der Waals surface area contributed by atoms with Gasteiger partial charge >= 0.3 is 6.09 Å². The van der Waals surface area contributed by atoms with Crippen molar-refractivity contribution in [3.8, 4) is 5.82 Å². The number of alkyl halides is 2. The Balaban J connectivity index is 1.60. The number of aryl methyl sites for hydroxylation is 1. The van der Waals surface area contributed by atoms with Crippen LogP contribution in [0.2, 0.25) is 0 Å². The Labute approximate surface area is 180 Å². The van der Waals surface area contributed by atoms with Crippen LogP contribution in [0, 0.1) is 6.92 Å². The lowest BCUT2D eigenvalue weighted by atomic mass is 9.92. The van der Waals surface area contributed by atoms with Crippen LogP contribution in [0.3, 0.4) is 0 Å². The number of aromatic nitrogens is 3. The third-order valence-corrected chi connectivity index (χ3v) is 5.85. The van der Waals surface area contributed by atoms with Gasteiger partial charge in [0.1, 0.15) is 5.82 Å². The number of amides is 1. The molecule has 0 atom stereocenters. The van der Waals surface area contributed by atoms with Gasteiger partial charge in [-0.3, -0.25) is 0 Å². The molecule has 0 saturated heterocycles. The van der Waals surface area contributed by atoms with Crippen molar-refractivity contribution in [3.05, 3.63) is 41.7 Å². The van der Waals surface area contributed by atoms with Crippen molar-refractivity contribution in [2.75, 3.05) is 25.5 Å². The highest BCUT2D eigenvalue weighted by Crippen LogP contribution is 2.34. The Morgan fingerprint density at radius 1 is 1.29 bits per heavy atom. The van der Waals surface area contributed by atoms with Crippen LogP contribution in [0.15, 0.2) is 30.5 Å². The molecule has 1 fully saturated rings. The van der Waals surface area contributed by atoms with Crippen molar-refractivity contribution >= 4 is 17.5 Å². The number of carbonyl (C=O) groups is 1. The van der Waals surface area contributed by atoms with E-state index >= 15 is 0 Å². The van der Waals surface area contributed by atoms with Crippen molar-refractivity contribution in [3.63, 3.8) is 0 Å². The molecule has 2 aromatic rings. The lowest BCUT2D eigenvalue weighted by molar-refractivity contribution is -0.0361. The summed E-state index contributed by atoms with van der Waals surface area (Å²) in [6, 6.07) is 5.78. The van der Waals surface area contributed by atoms with E-state index in [1.165, 1.54) is 7.11 Å². The fraction of sp³-hybridized carbons (Fsp3) is 0.500. The van der Waals surface area contributed by atoms with Gasteiger partial charge in [0.25, 0.3) is 0 Å². The molecule has 2 aliphatic rings. The number of nitrogens with one attached hydrogen (secondary N) is 1. The molecule has 0 unspecified atom stereocenters. The van der Waals surface area contributed by atoms with Gasteiger partial charge in [-0.15, -0.1) is 0 Å². The zero-order chi connectivity index (χ0) is 22.0. The van der Waals surface area contributed by atoms with E-state index in [-0.39, 0.29) is 25.0 Å². The van der Waals surface area contributed by atoms with Gasteiger partial charge in [0.05, 0.1) is 12.8 Å². The van der Waals surface area contributed by atoms with E-state index in [1.54, 1.807) is 9.58 Å². The number of hydrogen-bond acceptors (Lipinski definition) is 5. The van der Waals surface area contributed by atoms with Crippen LogP contribution in [0.4, 0.5) is 19.4 Å². The Bertz CT molecular complexity index is 978. The average molecular weight is 431 g/mol. The van der Waals surface area contributed by atoms with E-state index in [1.807, 2.05) is 37.4 Å². The molecular weight excluding hydrogens is 404 g/mol. The van der Waals surface area contributed by atoms with Crippen LogP contribution in [-0.4, -0.2) is 57.9 Å². The highest BCUT2D eigenvalue weighted by atomic mass is 19.3. The van der Waals surface area contributed by atoms with Crippen LogP contribution in [0.25, 0.3) is 11.4 Å². The van der Waals surface area contributed by atoms with Crippen molar-refractivity contribution in [2.45, 2.75) is 51.0 Å². The number of anilines is 1. The number of halogens is 2. The van der Waals surface area contributed by atoms with Crippen molar-refractivity contribution in [1.82, 2.24) is 19.7 Å². The molecule has 2 aromatic heterocycles. The Kier molecular flexibility index (Phi) is 5.93. The average Bonchev–Trinajstić information content (AvgIpc) is 3.21. The normalized spacial score (nSPS) is 19.1. The predicted octanol–water partition coefficient (Wildman–Crippen LogP) is 4.42. The van der Waals surface area contributed by atoms with Gasteiger partial charge in [0.15, 0.2) is 5.82 Å². The topological polar surface area (TPSA) is 72.3 Å². The Morgan fingerprint density at radius 2 is 2.06 bits per heavy atom. The molecule has 0 bridgehead atoms. The number of hydrogen-bond donors (Lipinski definition) is 1. The van der Waals surface area contributed by atoms with Crippen LogP contribution >= 0.6 is 0 Å². The Hall–Kier alpha value is -2.97. The third-order valence-electron chi connectivity index (χ3n) is 5.85. The van der Waals surface area contributed by atoms with Crippen LogP contribution in [0.5, 0.6) is 0 Å². The molecule has 9 heteroatoms. The van der Waals surface area contributed by atoms with E-state index in [9.17, 15) is 13.6 Å². The lowest BCUT2D eigenvalue weighted by Crippen LogP contribution is -2.34. The van der Waals surface area contributed by atoms with Crippen LogP contribution in [-0.2, 0) is 4.74 Å². The summed E-state index contributed by atoms with van der Waals surface area (Å²) in [6.07, 6.45) is 4.81. The maximum absolute atomic E-state index is 13.5. The van der Waals surface area contributed by atoms with Gasteiger partial charge < -0.3 is 15.0 Å². The molecule has 0 radical (unpaired) electrons. The highest BCUT2D eigenvalue weighted by Gasteiger charge is 2.35. The maximum atomic E-state index is 13.5. The molecule has 7 nitrogen and oxygen atoms in total. The minimum absolute atomic E-state index is 0.0373. The lowest BCUT2D eigenvalue weighted by Gasteiger charge is -2.29. The quantitative estimate of drug-likeness (QED) is 0.776. The van der Waals surface area contributed by atoms with Crippen LogP contribution in [0.1, 0.15) is 43.4 Å². The number of pyridine rings is 1. The fourth-order valence-electron chi connectivity index (χ4n) is 4.06. The number of ether oxygens (including phenoxy) is 1. The monoisotopic (exact) mass is 431 g/mol. The second kappa shape index (κ2) is 8.64. The maximum Gasteiger partial charge on any atom is 0.409 e. The Morgan fingerprint density at radius 3 is 2.68 bits per heavy atom. The smallest absolute Gasteiger partial charge is 0.409 e. The summed E-state index contributed by atoms with van der Waals surface area (Å²) in [4.78, 5) is 18.1. The first kappa shape index (κ1) is 21.3. The molecule has 3 heterocycles. The number of methoxy groups -OCH3 is 1. The van der Waals surface area contributed by atoms with Gasteiger partial charge in [-0.05, 0) is 55.5 Å². The number of carbonyl (C=O) groups excluding carboxylic acids is 1. The van der Waals surface area contributed by atoms with E-state index in [0.717, 1.165) is 16.8 Å². The second-order valence-electron chi connectivity index (χ2n) is 8.17. The van der Waals surface area contributed by atoms with Gasteiger partial charge in [0.2, 0.25) is 5.92 Å². The molecule has 1 aliphatic heterocycles. The summed E-state index contributed by atoms with van der Waals surface area (Å²) in [5.74, 6) is -1.26. The summed E-state index contributed by atoms with van der Waals surface area (Å²) < 4.78 is 33.6. The minimum Gasteiger partial charge on any atom is -0.453 e. The molecule has 1 aliphatic carbocycles. The van der Waals surface area contributed by atoms with Crippen molar-refractivity contribution in [2.24, 2.45) is 0 Å². The largest absolute Gasteiger partial charge is 0.453 e. The summed E-state index contributed by atoms with van der Waals surface area (Å²) in [7, 11) is 1.38. The second-order valence-corrected chi connectivity index (χ2v) is 8.17. The van der Waals surface area contributed by atoms with Crippen molar-refractivity contribution < 1.29 is 18.3 Å². The van der Waals surface area contributed by atoms with E-state index < -0.39 is 5.92 Å². The zero-order valence-corrected chi connectivity index (χ0v) is 17.8. The first-order valence-corrected chi connectivity index (χ1v) is 10.5. The number of nitrogens with zero attached hydrogens (tertiary/aromatic N) is 4. The first-order valence-electron chi connectivity index (χ1n) is 10.5. The SMILES string of the molecule is COC(=O)N1CC=C(c2cc(NC3CCC(F)(F)CC3)nc(-n3ccc(C)n3)c2)CC1. The molecule has 0 aromatic carbocycles. The minimum atomic E-state index is -2.57. The third kappa shape index (κ3) is 5.03. The predicted molar refractivity (Wildman–Crippen MR) is 113 cm³/mol. The molecule has 0 spiro atoms. The van der Waals surface area contributed by atoms with Crippen LogP contribution < -0.4 is 5.32 Å². The summed E-state index contributed by atoms with van der Waals surface area (Å²) in [5.41, 5.74) is 2.96.